The number of rotatable bonds is 1. The zero-order valence-corrected chi connectivity index (χ0v) is 8.72. The van der Waals surface area contributed by atoms with Gasteiger partial charge in [0.15, 0.2) is 0 Å². The van der Waals surface area contributed by atoms with Crippen LogP contribution in [0.5, 0.6) is 0 Å². The molecule has 2 rings (SSSR count). The topological polar surface area (TPSA) is 45.2 Å². The van der Waals surface area contributed by atoms with Crippen LogP contribution in [0.25, 0.3) is 10.9 Å². The maximum Gasteiger partial charge on any atom is 0.433 e. The first-order valence-electron chi connectivity index (χ1n) is 4.71. The van der Waals surface area contributed by atoms with Crippen LogP contribution in [-0.4, -0.2) is 11.1 Å². The van der Waals surface area contributed by atoms with Crippen LogP contribution in [0.4, 0.5) is 18.9 Å². The normalized spacial score (nSPS) is 11.5. The van der Waals surface area contributed by atoms with Crippen molar-refractivity contribution in [2.45, 2.75) is 13.1 Å². The number of halogens is 3. The van der Waals surface area contributed by atoms with Gasteiger partial charge in [-0.25, -0.2) is 4.79 Å². The number of benzene rings is 1. The summed E-state index contributed by atoms with van der Waals surface area (Å²) in [6.45, 7) is 1.67. The van der Waals surface area contributed by atoms with Crippen LogP contribution in [0, 0.1) is 6.92 Å². The van der Waals surface area contributed by atoms with E-state index in [1.165, 1.54) is 6.07 Å². The lowest BCUT2D eigenvalue weighted by Crippen LogP contribution is -2.05. The van der Waals surface area contributed by atoms with Crippen LogP contribution in [-0.2, 0) is 11.0 Å². The Labute approximate surface area is 94.0 Å². The number of isocyanates is 1. The van der Waals surface area contributed by atoms with Crippen molar-refractivity contribution in [3.63, 3.8) is 0 Å². The molecular formula is C11H7F3N2O. The van der Waals surface area contributed by atoms with Crippen molar-refractivity contribution in [2.24, 2.45) is 4.99 Å². The summed E-state index contributed by atoms with van der Waals surface area (Å²) in [6.07, 6.45) is -3.43. The van der Waals surface area contributed by atoms with E-state index in [4.69, 9.17) is 0 Å². The molecule has 0 atom stereocenters. The van der Waals surface area contributed by atoms with Gasteiger partial charge in [-0.2, -0.15) is 18.2 Å². The van der Waals surface area contributed by atoms with Crippen molar-refractivity contribution in [3.8, 4) is 0 Å². The highest BCUT2D eigenvalue weighted by atomic mass is 19.4. The standard InChI is InChI=1S/C11H7F3N2O/c1-6-3-2-4-7-8(6)16-10(11(12,13)14)9(7)15-5-17/h2-4,16H,1H3. The van der Waals surface area contributed by atoms with Crippen molar-refractivity contribution < 1.29 is 18.0 Å². The molecule has 0 aliphatic rings. The van der Waals surface area contributed by atoms with Crippen molar-refractivity contribution in [2.75, 3.05) is 0 Å². The number of H-pyrrole nitrogens is 1. The summed E-state index contributed by atoms with van der Waals surface area (Å²) in [6, 6.07) is 4.76. The van der Waals surface area contributed by atoms with Gasteiger partial charge in [0.05, 0.1) is 5.52 Å². The van der Waals surface area contributed by atoms with E-state index in [2.05, 4.69) is 9.98 Å². The number of alkyl halides is 3. The molecule has 3 nitrogen and oxygen atoms in total. The van der Waals surface area contributed by atoms with E-state index in [1.54, 1.807) is 19.1 Å². The third-order valence-electron chi connectivity index (χ3n) is 2.46. The van der Waals surface area contributed by atoms with Crippen molar-refractivity contribution in [1.29, 1.82) is 0 Å². The number of nitrogens with zero attached hydrogens (tertiary/aromatic N) is 1. The van der Waals surface area contributed by atoms with Crippen molar-refractivity contribution >= 4 is 22.7 Å². The van der Waals surface area contributed by atoms with Gasteiger partial charge in [-0.1, -0.05) is 18.2 Å². The maximum absolute atomic E-state index is 12.7. The summed E-state index contributed by atoms with van der Waals surface area (Å²) >= 11 is 0. The number of hydrogen-bond donors (Lipinski definition) is 1. The predicted octanol–water partition coefficient (Wildman–Crippen LogP) is 3.46. The Morgan fingerprint density at radius 2 is 2.06 bits per heavy atom. The molecule has 0 radical (unpaired) electrons. The van der Waals surface area contributed by atoms with Gasteiger partial charge in [0.25, 0.3) is 0 Å². The molecule has 1 N–H and O–H groups in total. The molecule has 0 saturated heterocycles. The molecule has 0 unspecified atom stereocenters. The summed E-state index contributed by atoms with van der Waals surface area (Å²) in [7, 11) is 0. The molecule has 0 aliphatic carbocycles. The van der Waals surface area contributed by atoms with Crippen molar-refractivity contribution in [1.82, 2.24) is 4.98 Å². The smallest absolute Gasteiger partial charge is 0.349 e. The molecular weight excluding hydrogens is 233 g/mol. The van der Waals surface area contributed by atoms with Gasteiger partial charge in [0, 0.05) is 5.39 Å². The number of aliphatic imine (C=N–C) groups is 1. The van der Waals surface area contributed by atoms with Crippen LogP contribution in [0.2, 0.25) is 0 Å². The minimum absolute atomic E-state index is 0.265. The van der Waals surface area contributed by atoms with Crippen LogP contribution >= 0.6 is 0 Å². The van der Waals surface area contributed by atoms with Gasteiger partial charge in [-0.3, -0.25) is 0 Å². The Hall–Kier alpha value is -2.07. The SMILES string of the molecule is Cc1cccc2c(N=C=O)c(C(F)(F)F)[nH]c12. The molecule has 1 aromatic carbocycles. The molecule has 17 heavy (non-hydrogen) atoms. The van der Waals surface area contributed by atoms with E-state index < -0.39 is 17.6 Å². The van der Waals surface area contributed by atoms with Crippen LogP contribution in [0.3, 0.4) is 0 Å². The average molecular weight is 240 g/mol. The van der Waals surface area contributed by atoms with E-state index in [-0.39, 0.29) is 5.39 Å². The molecule has 2 aromatic rings. The number of fused-ring (bicyclic) bond motifs is 1. The Balaban J connectivity index is 2.89. The van der Waals surface area contributed by atoms with Gasteiger partial charge < -0.3 is 4.98 Å². The quantitative estimate of drug-likeness (QED) is 0.602. The molecule has 0 bridgehead atoms. The number of aryl methyl sites for hydroxylation is 1. The van der Waals surface area contributed by atoms with Crippen LogP contribution in [0.1, 0.15) is 11.3 Å². The average Bonchev–Trinajstić information content (AvgIpc) is 2.59. The fraction of sp³-hybridized carbons (Fsp3) is 0.182. The molecule has 1 heterocycles. The molecule has 0 aliphatic heterocycles. The fourth-order valence-corrected chi connectivity index (χ4v) is 1.72. The van der Waals surface area contributed by atoms with Gasteiger partial charge in [-0.05, 0) is 12.5 Å². The van der Waals surface area contributed by atoms with Gasteiger partial charge in [0.1, 0.15) is 11.4 Å². The maximum atomic E-state index is 12.7. The third kappa shape index (κ3) is 1.83. The minimum Gasteiger partial charge on any atom is -0.349 e. The first kappa shape index (κ1) is 11.4. The van der Waals surface area contributed by atoms with Gasteiger partial charge >= 0.3 is 6.18 Å². The number of aromatic amines is 1. The predicted molar refractivity (Wildman–Crippen MR) is 55.8 cm³/mol. The molecule has 0 amide bonds. The lowest BCUT2D eigenvalue weighted by atomic mass is 10.1. The summed E-state index contributed by atoms with van der Waals surface area (Å²) < 4.78 is 38.2. The minimum atomic E-state index is -4.58. The lowest BCUT2D eigenvalue weighted by Gasteiger charge is -2.03. The van der Waals surface area contributed by atoms with Crippen LogP contribution in [0.15, 0.2) is 23.2 Å². The van der Waals surface area contributed by atoms with E-state index in [0.29, 0.717) is 11.1 Å². The third-order valence-corrected chi connectivity index (χ3v) is 2.46. The monoisotopic (exact) mass is 240 g/mol. The second kappa shape index (κ2) is 3.75. The Morgan fingerprint density at radius 1 is 1.35 bits per heavy atom. The number of nitrogens with one attached hydrogen (secondary N) is 1. The van der Waals surface area contributed by atoms with E-state index in [0.717, 1.165) is 6.08 Å². The highest BCUT2D eigenvalue weighted by molar-refractivity contribution is 5.95. The van der Waals surface area contributed by atoms with Gasteiger partial charge in [-0.15, -0.1) is 0 Å². The fourth-order valence-electron chi connectivity index (χ4n) is 1.72. The Bertz CT molecular complexity index is 621. The van der Waals surface area contributed by atoms with Gasteiger partial charge in [0.2, 0.25) is 6.08 Å². The molecule has 6 heteroatoms. The number of para-hydroxylation sites is 1. The van der Waals surface area contributed by atoms with Crippen molar-refractivity contribution in [3.05, 3.63) is 29.5 Å². The highest BCUT2D eigenvalue weighted by Crippen LogP contribution is 2.41. The highest BCUT2D eigenvalue weighted by Gasteiger charge is 2.37. The summed E-state index contributed by atoms with van der Waals surface area (Å²) in [5.74, 6) is 0. The van der Waals surface area contributed by atoms with E-state index in [9.17, 15) is 18.0 Å². The molecule has 0 spiro atoms. The number of hydrogen-bond acceptors (Lipinski definition) is 2. The lowest BCUT2D eigenvalue weighted by molar-refractivity contribution is -0.140. The second-order valence-corrected chi connectivity index (χ2v) is 3.55. The molecule has 88 valence electrons. The Morgan fingerprint density at radius 3 is 2.65 bits per heavy atom. The molecule has 0 fully saturated rings. The zero-order chi connectivity index (χ0) is 12.6. The summed E-state index contributed by atoms with van der Waals surface area (Å²) in [5, 5.41) is 0.265. The number of carbonyl (C=O) groups excluding carboxylic acids is 1. The Kier molecular flexibility index (Phi) is 2.52. The van der Waals surface area contributed by atoms with Crippen LogP contribution < -0.4 is 0 Å². The zero-order valence-electron chi connectivity index (χ0n) is 8.72. The second-order valence-electron chi connectivity index (χ2n) is 3.55. The molecule has 0 saturated carbocycles. The first-order valence-corrected chi connectivity index (χ1v) is 4.71. The first-order chi connectivity index (χ1) is 7.95. The van der Waals surface area contributed by atoms with E-state index in [1.807, 2.05) is 0 Å². The number of aromatic nitrogens is 1. The van der Waals surface area contributed by atoms with E-state index >= 15 is 0 Å². The summed E-state index contributed by atoms with van der Waals surface area (Å²) in [5.41, 5.74) is -0.453. The molecule has 1 aromatic heterocycles. The summed E-state index contributed by atoms with van der Waals surface area (Å²) in [4.78, 5) is 15.6. The largest absolute Gasteiger partial charge is 0.433 e.